The summed E-state index contributed by atoms with van der Waals surface area (Å²) in [6.07, 6.45) is 5.94. The number of halogens is 3. The Bertz CT molecular complexity index is 1130. The SMILES string of the molecule is CCCCCCCN(CCc1csc(SC(C)(C)C(=O)OC(=O)C(F)(F)F)n1)c1ncc(N2CCC(OC)C2)cn1. The first-order chi connectivity index (χ1) is 19.4. The van der Waals surface area contributed by atoms with Gasteiger partial charge in [-0.15, -0.1) is 11.3 Å². The number of unbranched alkanes of at least 4 members (excludes halogenated alkanes) is 4. The van der Waals surface area contributed by atoms with Gasteiger partial charge in [-0.25, -0.2) is 19.7 Å². The van der Waals surface area contributed by atoms with Crippen LogP contribution in [-0.4, -0.2) is 77.2 Å². The Hall–Kier alpha value is -2.45. The molecule has 1 atom stereocenters. The van der Waals surface area contributed by atoms with Crippen molar-refractivity contribution in [1.29, 1.82) is 0 Å². The molecule has 3 rings (SSSR count). The second kappa shape index (κ2) is 15.1. The lowest BCUT2D eigenvalue weighted by Crippen LogP contribution is -2.36. The molecule has 0 aliphatic carbocycles. The molecule has 0 bridgehead atoms. The fraction of sp³-hybridized carbons (Fsp3) is 0.667. The normalized spacial score (nSPS) is 15.8. The zero-order chi connectivity index (χ0) is 30.0. The third-order valence-corrected chi connectivity index (χ3v) is 8.87. The van der Waals surface area contributed by atoms with Crippen LogP contribution in [0.1, 0.15) is 65.0 Å². The molecular formula is C27H38F3N5O4S2. The predicted molar refractivity (Wildman–Crippen MR) is 154 cm³/mol. The van der Waals surface area contributed by atoms with Crippen LogP contribution >= 0.6 is 23.1 Å². The smallest absolute Gasteiger partial charge is 0.385 e. The molecule has 0 aromatic carbocycles. The second-order valence-electron chi connectivity index (χ2n) is 10.4. The third kappa shape index (κ3) is 10.1. The summed E-state index contributed by atoms with van der Waals surface area (Å²) < 4.78 is 46.0. The Morgan fingerprint density at radius 3 is 2.46 bits per heavy atom. The second-order valence-corrected chi connectivity index (χ2v) is 13.1. The van der Waals surface area contributed by atoms with Crippen LogP contribution in [0.5, 0.6) is 0 Å². The van der Waals surface area contributed by atoms with E-state index in [4.69, 9.17) is 4.74 Å². The van der Waals surface area contributed by atoms with E-state index in [2.05, 4.69) is 36.4 Å². The number of hydrogen-bond acceptors (Lipinski definition) is 11. The molecule has 0 radical (unpaired) electrons. The summed E-state index contributed by atoms with van der Waals surface area (Å²) in [5.41, 5.74) is 1.75. The van der Waals surface area contributed by atoms with E-state index in [1.165, 1.54) is 44.4 Å². The number of anilines is 2. The number of carbonyl (C=O) groups excluding carboxylic acids is 2. The van der Waals surface area contributed by atoms with Gasteiger partial charge in [0, 0.05) is 45.1 Å². The lowest BCUT2D eigenvalue weighted by Gasteiger charge is -2.24. The van der Waals surface area contributed by atoms with Gasteiger partial charge in [0.2, 0.25) is 5.95 Å². The van der Waals surface area contributed by atoms with E-state index >= 15 is 0 Å². The van der Waals surface area contributed by atoms with Gasteiger partial charge in [0.1, 0.15) is 4.75 Å². The van der Waals surface area contributed by atoms with Crippen LogP contribution in [0.25, 0.3) is 0 Å². The molecule has 1 unspecified atom stereocenters. The number of ether oxygens (including phenoxy) is 2. The molecule has 228 valence electrons. The van der Waals surface area contributed by atoms with Gasteiger partial charge in [0.15, 0.2) is 4.34 Å². The summed E-state index contributed by atoms with van der Waals surface area (Å²) in [5, 5.41) is 1.85. The highest BCUT2D eigenvalue weighted by Gasteiger charge is 2.45. The van der Waals surface area contributed by atoms with Gasteiger partial charge in [-0.3, -0.25) is 4.79 Å². The Labute approximate surface area is 247 Å². The Kier molecular flexibility index (Phi) is 12.2. The molecule has 9 nitrogen and oxygen atoms in total. The van der Waals surface area contributed by atoms with Crippen molar-refractivity contribution in [1.82, 2.24) is 15.0 Å². The molecule has 1 fully saturated rings. The maximum Gasteiger partial charge on any atom is 0.491 e. The van der Waals surface area contributed by atoms with E-state index in [1.54, 1.807) is 7.11 Å². The highest BCUT2D eigenvalue weighted by atomic mass is 32.2. The number of nitrogens with zero attached hydrogens (tertiary/aromatic N) is 5. The van der Waals surface area contributed by atoms with Crippen molar-refractivity contribution >= 4 is 46.7 Å². The molecule has 0 amide bonds. The van der Waals surface area contributed by atoms with E-state index < -0.39 is 22.9 Å². The van der Waals surface area contributed by atoms with Crippen molar-refractivity contribution < 1.29 is 32.2 Å². The van der Waals surface area contributed by atoms with Gasteiger partial charge in [0.25, 0.3) is 0 Å². The third-order valence-electron chi connectivity index (χ3n) is 6.70. The minimum atomic E-state index is -5.24. The number of rotatable bonds is 15. The molecule has 2 aromatic heterocycles. The summed E-state index contributed by atoms with van der Waals surface area (Å²) in [7, 11) is 1.73. The van der Waals surface area contributed by atoms with Gasteiger partial charge in [0.05, 0.1) is 29.9 Å². The number of carbonyl (C=O) groups is 2. The van der Waals surface area contributed by atoms with Crippen molar-refractivity contribution in [2.75, 3.05) is 43.1 Å². The molecule has 1 aliphatic rings. The summed E-state index contributed by atoms with van der Waals surface area (Å²) in [6.45, 7) is 8.12. The number of thioether (sulfide) groups is 1. The molecule has 0 N–H and O–H groups in total. The van der Waals surface area contributed by atoms with E-state index in [1.807, 2.05) is 17.8 Å². The Morgan fingerprint density at radius 1 is 1.12 bits per heavy atom. The van der Waals surface area contributed by atoms with Gasteiger partial charge in [-0.2, -0.15) is 13.2 Å². The fourth-order valence-electron chi connectivity index (χ4n) is 4.24. The average molecular weight is 618 g/mol. The van der Waals surface area contributed by atoms with Gasteiger partial charge < -0.3 is 19.3 Å². The minimum absolute atomic E-state index is 0.217. The van der Waals surface area contributed by atoms with Gasteiger partial charge in [-0.1, -0.05) is 44.4 Å². The van der Waals surface area contributed by atoms with Crippen molar-refractivity contribution in [3.05, 3.63) is 23.5 Å². The topological polar surface area (TPSA) is 97.8 Å². The molecule has 2 aromatic rings. The van der Waals surface area contributed by atoms with Crippen molar-refractivity contribution in [2.24, 2.45) is 0 Å². The summed E-state index contributed by atoms with van der Waals surface area (Å²) >= 11 is 2.24. The largest absolute Gasteiger partial charge is 0.491 e. The number of methoxy groups -OCH3 is 1. The maximum atomic E-state index is 12.5. The van der Waals surface area contributed by atoms with E-state index in [0.29, 0.717) is 23.3 Å². The van der Waals surface area contributed by atoms with Crippen LogP contribution in [0.15, 0.2) is 22.1 Å². The fourth-order valence-corrected chi connectivity index (χ4v) is 6.50. The van der Waals surface area contributed by atoms with Crippen LogP contribution < -0.4 is 9.80 Å². The van der Waals surface area contributed by atoms with Crippen molar-refractivity contribution in [2.45, 2.75) is 87.1 Å². The quantitative estimate of drug-likeness (QED) is 0.107. The van der Waals surface area contributed by atoms with Crippen LogP contribution in [0.2, 0.25) is 0 Å². The lowest BCUT2D eigenvalue weighted by molar-refractivity contribution is -0.202. The lowest BCUT2D eigenvalue weighted by atomic mass is 10.1. The minimum Gasteiger partial charge on any atom is -0.385 e. The van der Waals surface area contributed by atoms with Gasteiger partial charge in [-0.05, 0) is 26.7 Å². The summed E-state index contributed by atoms with van der Waals surface area (Å²) in [6, 6.07) is 0. The van der Waals surface area contributed by atoms with Crippen molar-refractivity contribution in [3.8, 4) is 0 Å². The number of hydrogen-bond donors (Lipinski definition) is 0. The predicted octanol–water partition coefficient (Wildman–Crippen LogP) is 5.68. The number of aromatic nitrogens is 3. The van der Waals surface area contributed by atoms with Crippen LogP contribution in [0.3, 0.4) is 0 Å². The molecular weight excluding hydrogens is 579 g/mol. The molecule has 1 aliphatic heterocycles. The number of alkyl halides is 3. The zero-order valence-corrected chi connectivity index (χ0v) is 25.5. The first-order valence-electron chi connectivity index (χ1n) is 13.7. The van der Waals surface area contributed by atoms with E-state index in [-0.39, 0.29) is 6.10 Å². The standard InChI is InChI=1S/C27H38F3N5O4S2/c1-5-6-7-8-9-12-34(24-31-15-20(16-32-24)35-14-11-21(17-35)38-4)13-10-19-18-40-25(33-19)41-26(2,3)22(36)39-23(37)27(28,29)30/h15-16,18,21H,5-14,17H2,1-4H3. The van der Waals surface area contributed by atoms with Crippen LogP contribution in [0, 0.1) is 0 Å². The van der Waals surface area contributed by atoms with Crippen LogP contribution in [-0.2, 0) is 25.5 Å². The van der Waals surface area contributed by atoms with E-state index in [9.17, 15) is 22.8 Å². The molecule has 0 spiro atoms. The van der Waals surface area contributed by atoms with Crippen LogP contribution in [0.4, 0.5) is 24.8 Å². The zero-order valence-electron chi connectivity index (χ0n) is 23.9. The van der Waals surface area contributed by atoms with Crippen molar-refractivity contribution in [3.63, 3.8) is 0 Å². The Balaban J connectivity index is 1.61. The maximum absolute atomic E-state index is 12.5. The molecule has 41 heavy (non-hydrogen) atoms. The molecule has 0 saturated carbocycles. The van der Waals surface area contributed by atoms with Gasteiger partial charge >= 0.3 is 18.1 Å². The molecule has 14 heteroatoms. The highest BCUT2D eigenvalue weighted by Crippen LogP contribution is 2.36. The summed E-state index contributed by atoms with van der Waals surface area (Å²) in [5.74, 6) is -3.15. The highest BCUT2D eigenvalue weighted by molar-refractivity contribution is 8.03. The number of esters is 2. The first kappa shape index (κ1) is 33.1. The monoisotopic (exact) mass is 617 g/mol. The first-order valence-corrected chi connectivity index (χ1v) is 15.4. The Morgan fingerprint density at radius 2 is 1.83 bits per heavy atom. The molecule has 3 heterocycles. The van der Waals surface area contributed by atoms with E-state index in [0.717, 1.165) is 62.0 Å². The average Bonchev–Trinajstić information content (AvgIpc) is 3.59. The molecule has 1 saturated heterocycles. The summed E-state index contributed by atoms with van der Waals surface area (Å²) in [4.78, 5) is 41.5. The number of thiazole rings is 1.